The van der Waals surface area contributed by atoms with Crippen LogP contribution < -0.4 is 5.73 Å². The van der Waals surface area contributed by atoms with Gasteiger partial charge in [-0.3, -0.25) is 4.79 Å². The number of hydrogen-bond acceptors (Lipinski definition) is 3. The Bertz CT molecular complexity index is 170. The predicted molar refractivity (Wildman–Crippen MR) is 39.9 cm³/mol. The third-order valence-corrected chi connectivity index (χ3v) is 1.33. The van der Waals surface area contributed by atoms with Crippen molar-refractivity contribution in [1.29, 1.82) is 0 Å². The zero-order valence-electron chi connectivity index (χ0n) is 7.23. The van der Waals surface area contributed by atoms with Crippen LogP contribution in [0.2, 0.25) is 0 Å². The van der Waals surface area contributed by atoms with Crippen LogP contribution in [0, 0.1) is 0 Å². The average Bonchev–Trinajstić information content (AvgIpc) is 1.99. The number of ether oxygens (including phenoxy) is 1. The van der Waals surface area contributed by atoms with Gasteiger partial charge in [0.2, 0.25) is 0 Å². The summed E-state index contributed by atoms with van der Waals surface area (Å²) in [6, 6.07) is -1.18. The van der Waals surface area contributed by atoms with Crippen LogP contribution in [0.3, 0.4) is 0 Å². The summed E-state index contributed by atoms with van der Waals surface area (Å²) in [5, 5.41) is 0. The fraction of sp³-hybridized carbons (Fsp3) is 0.857. The number of nitrogens with two attached hydrogens (primary N) is 1. The first-order valence-electron chi connectivity index (χ1n) is 3.85. The van der Waals surface area contributed by atoms with Gasteiger partial charge in [0, 0.05) is 6.42 Å². The van der Waals surface area contributed by atoms with E-state index in [9.17, 15) is 18.0 Å². The molecule has 0 aromatic carbocycles. The molecule has 3 nitrogen and oxygen atoms in total. The standard InChI is InChI=1S/C7H12F3NO2/c1-2-13-6(12)5(11)3-4-7(8,9)10/h5H,2-4,11H2,1H3/t5-/m0/s1. The second-order valence-corrected chi connectivity index (χ2v) is 2.51. The van der Waals surface area contributed by atoms with Gasteiger partial charge in [0.15, 0.2) is 0 Å². The minimum absolute atomic E-state index is 0.124. The minimum atomic E-state index is -4.27. The summed E-state index contributed by atoms with van der Waals surface area (Å²) >= 11 is 0. The van der Waals surface area contributed by atoms with Gasteiger partial charge < -0.3 is 10.5 Å². The van der Waals surface area contributed by atoms with Gasteiger partial charge in [0.1, 0.15) is 6.04 Å². The molecular weight excluding hydrogens is 187 g/mol. The van der Waals surface area contributed by atoms with E-state index in [4.69, 9.17) is 5.73 Å². The molecule has 78 valence electrons. The highest BCUT2D eigenvalue weighted by Crippen LogP contribution is 2.21. The monoisotopic (exact) mass is 199 g/mol. The third kappa shape index (κ3) is 6.39. The average molecular weight is 199 g/mol. The number of rotatable bonds is 4. The first kappa shape index (κ1) is 12.2. The van der Waals surface area contributed by atoms with Crippen molar-refractivity contribution in [2.24, 2.45) is 5.73 Å². The van der Waals surface area contributed by atoms with Crippen molar-refractivity contribution in [2.45, 2.75) is 32.0 Å². The molecule has 0 radical (unpaired) electrons. The van der Waals surface area contributed by atoms with E-state index in [0.717, 1.165) is 0 Å². The summed E-state index contributed by atoms with van der Waals surface area (Å²) in [5.41, 5.74) is 5.14. The van der Waals surface area contributed by atoms with Gasteiger partial charge in [-0.15, -0.1) is 0 Å². The molecule has 0 bridgehead atoms. The molecule has 1 atom stereocenters. The van der Waals surface area contributed by atoms with E-state index in [2.05, 4.69) is 4.74 Å². The number of hydrogen-bond donors (Lipinski definition) is 1. The maximum absolute atomic E-state index is 11.7. The van der Waals surface area contributed by atoms with Crippen LogP contribution in [0.15, 0.2) is 0 Å². The number of esters is 1. The zero-order valence-corrected chi connectivity index (χ0v) is 7.23. The normalized spacial score (nSPS) is 13.9. The van der Waals surface area contributed by atoms with E-state index < -0.39 is 31.0 Å². The lowest BCUT2D eigenvalue weighted by Crippen LogP contribution is -2.33. The van der Waals surface area contributed by atoms with Crippen LogP contribution >= 0.6 is 0 Å². The van der Waals surface area contributed by atoms with Gasteiger partial charge in [0.25, 0.3) is 0 Å². The maximum atomic E-state index is 11.7. The van der Waals surface area contributed by atoms with Gasteiger partial charge in [-0.25, -0.2) is 0 Å². The topological polar surface area (TPSA) is 52.3 Å². The van der Waals surface area contributed by atoms with Gasteiger partial charge in [-0.2, -0.15) is 13.2 Å². The number of alkyl halides is 3. The maximum Gasteiger partial charge on any atom is 0.389 e. The van der Waals surface area contributed by atoms with Crippen LogP contribution in [0.4, 0.5) is 13.2 Å². The summed E-state index contributed by atoms with van der Waals surface area (Å²) < 4.78 is 39.4. The Morgan fingerprint density at radius 1 is 1.54 bits per heavy atom. The summed E-state index contributed by atoms with van der Waals surface area (Å²) in [6.07, 6.45) is -5.76. The zero-order chi connectivity index (χ0) is 10.5. The van der Waals surface area contributed by atoms with Crippen molar-refractivity contribution in [2.75, 3.05) is 6.61 Å². The molecule has 0 aliphatic carbocycles. The number of carbonyl (C=O) groups is 1. The van der Waals surface area contributed by atoms with Gasteiger partial charge in [0.05, 0.1) is 6.61 Å². The molecule has 0 aromatic rings. The fourth-order valence-electron chi connectivity index (χ4n) is 0.686. The number of halogens is 3. The molecule has 0 spiro atoms. The molecule has 0 unspecified atom stereocenters. The van der Waals surface area contributed by atoms with Crippen LogP contribution in [-0.4, -0.2) is 24.8 Å². The van der Waals surface area contributed by atoms with Crippen LogP contribution in [-0.2, 0) is 9.53 Å². The van der Waals surface area contributed by atoms with Crippen LogP contribution in [0.5, 0.6) is 0 Å². The number of carbonyl (C=O) groups excluding carboxylic acids is 1. The molecule has 0 fully saturated rings. The van der Waals surface area contributed by atoms with Crippen molar-refractivity contribution in [3.63, 3.8) is 0 Å². The lowest BCUT2D eigenvalue weighted by Gasteiger charge is -2.11. The summed E-state index contributed by atoms with van der Waals surface area (Å²) in [4.78, 5) is 10.7. The van der Waals surface area contributed by atoms with Crippen LogP contribution in [0.25, 0.3) is 0 Å². The molecule has 0 amide bonds. The summed E-state index contributed by atoms with van der Waals surface area (Å²) in [6.45, 7) is 1.69. The molecule has 0 saturated heterocycles. The van der Waals surface area contributed by atoms with E-state index in [-0.39, 0.29) is 6.61 Å². The third-order valence-electron chi connectivity index (χ3n) is 1.33. The first-order valence-corrected chi connectivity index (χ1v) is 3.85. The van der Waals surface area contributed by atoms with Gasteiger partial charge in [-0.05, 0) is 13.3 Å². The molecule has 6 heteroatoms. The lowest BCUT2D eigenvalue weighted by molar-refractivity contribution is -0.149. The SMILES string of the molecule is CCOC(=O)[C@@H](N)CCC(F)(F)F. The predicted octanol–water partition coefficient (Wildman–Crippen LogP) is 1.22. The second kappa shape index (κ2) is 5.06. The quantitative estimate of drug-likeness (QED) is 0.692. The fourth-order valence-corrected chi connectivity index (χ4v) is 0.686. The highest BCUT2D eigenvalue weighted by Gasteiger charge is 2.29. The molecule has 0 rings (SSSR count). The molecule has 13 heavy (non-hydrogen) atoms. The molecular formula is C7H12F3NO2. The Kier molecular flexibility index (Phi) is 4.76. The summed E-state index contributed by atoms with van der Waals surface area (Å²) in [7, 11) is 0. The Labute approximate surface area is 74.0 Å². The first-order chi connectivity index (χ1) is 5.87. The van der Waals surface area contributed by atoms with E-state index in [1.807, 2.05) is 0 Å². The minimum Gasteiger partial charge on any atom is -0.465 e. The molecule has 0 aromatic heterocycles. The molecule has 0 aliphatic heterocycles. The van der Waals surface area contributed by atoms with Gasteiger partial charge in [-0.1, -0.05) is 0 Å². The van der Waals surface area contributed by atoms with Crippen molar-refractivity contribution >= 4 is 5.97 Å². The summed E-state index contributed by atoms with van der Waals surface area (Å²) in [5.74, 6) is -0.785. The highest BCUT2D eigenvalue weighted by atomic mass is 19.4. The second-order valence-electron chi connectivity index (χ2n) is 2.51. The Hall–Kier alpha value is -0.780. The van der Waals surface area contributed by atoms with E-state index in [0.29, 0.717) is 0 Å². The molecule has 0 aliphatic rings. The Balaban J connectivity index is 3.74. The molecule has 0 heterocycles. The van der Waals surface area contributed by atoms with Crippen molar-refractivity contribution < 1.29 is 22.7 Å². The van der Waals surface area contributed by atoms with Crippen molar-refractivity contribution in [3.05, 3.63) is 0 Å². The van der Waals surface area contributed by atoms with Crippen LogP contribution in [0.1, 0.15) is 19.8 Å². The highest BCUT2D eigenvalue weighted by molar-refractivity contribution is 5.75. The van der Waals surface area contributed by atoms with E-state index in [1.165, 1.54) is 0 Å². The van der Waals surface area contributed by atoms with E-state index >= 15 is 0 Å². The Morgan fingerprint density at radius 2 is 2.08 bits per heavy atom. The van der Waals surface area contributed by atoms with Crippen molar-refractivity contribution in [1.82, 2.24) is 0 Å². The van der Waals surface area contributed by atoms with E-state index in [1.54, 1.807) is 6.92 Å². The van der Waals surface area contributed by atoms with Crippen molar-refractivity contribution in [3.8, 4) is 0 Å². The molecule has 2 N–H and O–H groups in total. The Morgan fingerprint density at radius 3 is 2.46 bits per heavy atom. The smallest absolute Gasteiger partial charge is 0.389 e. The van der Waals surface area contributed by atoms with Gasteiger partial charge >= 0.3 is 12.1 Å². The largest absolute Gasteiger partial charge is 0.465 e. The molecule has 0 saturated carbocycles. The lowest BCUT2D eigenvalue weighted by atomic mass is 10.2.